The molecule has 0 aliphatic carbocycles. The van der Waals surface area contributed by atoms with Crippen molar-refractivity contribution in [1.29, 1.82) is 0 Å². The molecular formula is C10H19N3O. The van der Waals surface area contributed by atoms with Gasteiger partial charge in [-0.25, -0.2) is 0 Å². The maximum atomic E-state index is 5.50. The molecule has 0 aromatic carbocycles. The minimum Gasteiger partial charge on any atom is -0.425 e. The van der Waals surface area contributed by atoms with Gasteiger partial charge in [0.1, 0.15) is 0 Å². The molecule has 1 rings (SSSR count). The largest absolute Gasteiger partial charge is 0.425 e. The summed E-state index contributed by atoms with van der Waals surface area (Å²) in [6.45, 7) is 7.34. The molecule has 1 heterocycles. The van der Waals surface area contributed by atoms with E-state index in [1.807, 2.05) is 7.05 Å². The van der Waals surface area contributed by atoms with Crippen LogP contribution in [0.5, 0.6) is 0 Å². The van der Waals surface area contributed by atoms with E-state index in [4.69, 9.17) is 4.42 Å². The third kappa shape index (κ3) is 3.87. The Kier molecular flexibility index (Phi) is 3.63. The highest BCUT2D eigenvalue weighted by Crippen LogP contribution is 2.19. The number of likely N-dealkylation sites (N-methyl/N-ethyl adjacent to an activating group) is 1. The van der Waals surface area contributed by atoms with Crippen molar-refractivity contribution in [2.24, 2.45) is 5.41 Å². The van der Waals surface area contributed by atoms with Gasteiger partial charge in [0.15, 0.2) is 0 Å². The molecule has 4 heteroatoms. The van der Waals surface area contributed by atoms with E-state index in [2.05, 4.69) is 36.3 Å². The lowest BCUT2D eigenvalue weighted by molar-refractivity contribution is 0.345. The molecule has 1 aromatic heterocycles. The van der Waals surface area contributed by atoms with Gasteiger partial charge in [-0.2, -0.15) is 0 Å². The first-order valence-electron chi connectivity index (χ1n) is 4.97. The molecule has 0 aliphatic rings. The fourth-order valence-electron chi connectivity index (χ4n) is 1.15. The average Bonchev–Trinajstić information content (AvgIpc) is 2.46. The van der Waals surface area contributed by atoms with Crippen LogP contribution in [0, 0.1) is 5.41 Å². The molecule has 0 saturated heterocycles. The van der Waals surface area contributed by atoms with Crippen LogP contribution in [-0.2, 0) is 12.8 Å². The van der Waals surface area contributed by atoms with Gasteiger partial charge in [0, 0.05) is 19.4 Å². The summed E-state index contributed by atoms with van der Waals surface area (Å²) in [5.41, 5.74) is 0.201. The van der Waals surface area contributed by atoms with Crippen molar-refractivity contribution >= 4 is 0 Å². The van der Waals surface area contributed by atoms with Crippen LogP contribution in [0.3, 0.4) is 0 Å². The van der Waals surface area contributed by atoms with Gasteiger partial charge in [0.25, 0.3) is 0 Å². The summed E-state index contributed by atoms with van der Waals surface area (Å²) in [4.78, 5) is 0. The highest BCUT2D eigenvalue weighted by atomic mass is 16.4. The van der Waals surface area contributed by atoms with Crippen molar-refractivity contribution in [3.05, 3.63) is 11.8 Å². The van der Waals surface area contributed by atoms with Gasteiger partial charge in [-0.05, 0) is 12.5 Å². The highest BCUT2D eigenvalue weighted by molar-refractivity contribution is 4.86. The van der Waals surface area contributed by atoms with Gasteiger partial charge in [0.2, 0.25) is 11.8 Å². The SMILES string of the molecule is CNCCc1nnc(CC(C)(C)C)o1. The Bertz CT molecular complexity index is 275. The monoisotopic (exact) mass is 197 g/mol. The number of aromatic nitrogens is 2. The molecule has 4 nitrogen and oxygen atoms in total. The van der Waals surface area contributed by atoms with Crippen molar-refractivity contribution in [3.8, 4) is 0 Å². The molecule has 0 bridgehead atoms. The topological polar surface area (TPSA) is 51.0 Å². The second-order valence-electron chi connectivity index (χ2n) is 4.68. The van der Waals surface area contributed by atoms with E-state index in [-0.39, 0.29) is 5.41 Å². The molecule has 0 amide bonds. The van der Waals surface area contributed by atoms with Crippen LogP contribution in [0.2, 0.25) is 0 Å². The van der Waals surface area contributed by atoms with Crippen molar-refractivity contribution in [2.45, 2.75) is 33.6 Å². The zero-order valence-corrected chi connectivity index (χ0v) is 9.42. The molecular weight excluding hydrogens is 178 g/mol. The third-order valence-electron chi connectivity index (χ3n) is 1.78. The molecule has 0 atom stereocenters. The predicted molar refractivity (Wildman–Crippen MR) is 55.1 cm³/mol. The summed E-state index contributed by atoms with van der Waals surface area (Å²) in [6, 6.07) is 0. The summed E-state index contributed by atoms with van der Waals surface area (Å²) < 4.78 is 5.50. The first-order chi connectivity index (χ1) is 6.51. The quantitative estimate of drug-likeness (QED) is 0.793. The lowest BCUT2D eigenvalue weighted by Gasteiger charge is -2.14. The second kappa shape index (κ2) is 4.55. The van der Waals surface area contributed by atoms with Crippen molar-refractivity contribution < 1.29 is 4.42 Å². The lowest BCUT2D eigenvalue weighted by atomic mass is 9.92. The maximum absolute atomic E-state index is 5.50. The van der Waals surface area contributed by atoms with E-state index in [9.17, 15) is 0 Å². The molecule has 1 aromatic rings. The van der Waals surface area contributed by atoms with Gasteiger partial charge in [-0.1, -0.05) is 20.8 Å². The van der Waals surface area contributed by atoms with Crippen molar-refractivity contribution in [1.82, 2.24) is 15.5 Å². The summed E-state index contributed by atoms with van der Waals surface area (Å²) in [5.74, 6) is 1.46. The minimum absolute atomic E-state index is 0.201. The Labute approximate surface area is 85.1 Å². The molecule has 0 unspecified atom stereocenters. The zero-order chi connectivity index (χ0) is 10.6. The van der Waals surface area contributed by atoms with Crippen LogP contribution in [0.1, 0.15) is 32.6 Å². The van der Waals surface area contributed by atoms with Gasteiger partial charge in [0.05, 0.1) is 0 Å². The Morgan fingerprint density at radius 1 is 1.21 bits per heavy atom. The van der Waals surface area contributed by atoms with Crippen LogP contribution < -0.4 is 5.32 Å². The van der Waals surface area contributed by atoms with Gasteiger partial charge >= 0.3 is 0 Å². The van der Waals surface area contributed by atoms with E-state index >= 15 is 0 Å². The normalized spacial score (nSPS) is 12.0. The molecule has 14 heavy (non-hydrogen) atoms. The van der Waals surface area contributed by atoms with Gasteiger partial charge < -0.3 is 9.73 Å². The van der Waals surface area contributed by atoms with Crippen LogP contribution in [-0.4, -0.2) is 23.8 Å². The van der Waals surface area contributed by atoms with E-state index in [1.54, 1.807) is 0 Å². The van der Waals surface area contributed by atoms with E-state index in [1.165, 1.54) is 0 Å². The van der Waals surface area contributed by atoms with Crippen molar-refractivity contribution in [2.75, 3.05) is 13.6 Å². The standard InChI is InChI=1S/C10H19N3O/c1-10(2,3)7-9-13-12-8(14-9)5-6-11-4/h11H,5-7H2,1-4H3. The minimum atomic E-state index is 0.201. The number of nitrogens with zero attached hydrogens (tertiary/aromatic N) is 2. The molecule has 0 aliphatic heterocycles. The number of hydrogen-bond acceptors (Lipinski definition) is 4. The first kappa shape index (κ1) is 11.2. The Hall–Kier alpha value is -0.900. The molecule has 0 saturated carbocycles. The van der Waals surface area contributed by atoms with E-state index in [0.29, 0.717) is 0 Å². The van der Waals surface area contributed by atoms with Crippen LogP contribution in [0.25, 0.3) is 0 Å². The van der Waals surface area contributed by atoms with Crippen LogP contribution in [0.15, 0.2) is 4.42 Å². The fraction of sp³-hybridized carbons (Fsp3) is 0.800. The molecule has 0 spiro atoms. The molecule has 80 valence electrons. The van der Waals surface area contributed by atoms with Gasteiger partial charge in [-0.15, -0.1) is 10.2 Å². The molecule has 1 N–H and O–H groups in total. The summed E-state index contributed by atoms with van der Waals surface area (Å²) in [7, 11) is 1.91. The Morgan fingerprint density at radius 2 is 1.86 bits per heavy atom. The first-order valence-corrected chi connectivity index (χ1v) is 4.97. The van der Waals surface area contributed by atoms with Crippen molar-refractivity contribution in [3.63, 3.8) is 0 Å². The van der Waals surface area contributed by atoms with Crippen LogP contribution >= 0.6 is 0 Å². The van der Waals surface area contributed by atoms with E-state index < -0.39 is 0 Å². The smallest absolute Gasteiger partial charge is 0.217 e. The fourth-order valence-corrected chi connectivity index (χ4v) is 1.15. The predicted octanol–water partition coefficient (Wildman–Crippen LogP) is 1.42. The van der Waals surface area contributed by atoms with Gasteiger partial charge in [-0.3, -0.25) is 0 Å². The number of rotatable bonds is 4. The summed E-state index contributed by atoms with van der Waals surface area (Å²) >= 11 is 0. The summed E-state index contributed by atoms with van der Waals surface area (Å²) in [6.07, 6.45) is 1.63. The lowest BCUT2D eigenvalue weighted by Crippen LogP contribution is -2.10. The van der Waals surface area contributed by atoms with E-state index in [0.717, 1.165) is 31.2 Å². The maximum Gasteiger partial charge on any atom is 0.217 e. The second-order valence-corrected chi connectivity index (χ2v) is 4.68. The number of hydrogen-bond donors (Lipinski definition) is 1. The molecule has 0 radical (unpaired) electrons. The Morgan fingerprint density at radius 3 is 2.43 bits per heavy atom. The van der Waals surface area contributed by atoms with Crippen LogP contribution in [0.4, 0.5) is 0 Å². The third-order valence-corrected chi connectivity index (χ3v) is 1.78. The zero-order valence-electron chi connectivity index (χ0n) is 9.42. The highest BCUT2D eigenvalue weighted by Gasteiger charge is 2.16. The average molecular weight is 197 g/mol. The molecule has 0 fully saturated rings. The Balaban J connectivity index is 2.51. The summed E-state index contributed by atoms with van der Waals surface area (Å²) in [5, 5.41) is 11.0. The number of nitrogens with one attached hydrogen (secondary N) is 1.